The standard InChI is InChI=1S/C18H28N2O/c1-12(2)11-20(14-5-6-14)17-9-4-13-10-15(21-3)7-8-16(13)18(17)19/h7-8,10,12,14,17-18H,4-6,9,11,19H2,1-3H3. The highest BCUT2D eigenvalue weighted by Gasteiger charge is 2.39. The summed E-state index contributed by atoms with van der Waals surface area (Å²) in [5.41, 5.74) is 9.34. The van der Waals surface area contributed by atoms with Crippen LogP contribution in [-0.2, 0) is 6.42 Å². The van der Waals surface area contributed by atoms with Crippen LogP contribution in [0.1, 0.15) is 50.3 Å². The van der Waals surface area contributed by atoms with Crippen molar-refractivity contribution in [3.63, 3.8) is 0 Å². The summed E-state index contributed by atoms with van der Waals surface area (Å²) >= 11 is 0. The van der Waals surface area contributed by atoms with Crippen molar-refractivity contribution in [2.24, 2.45) is 11.7 Å². The molecule has 0 radical (unpaired) electrons. The number of nitrogens with zero attached hydrogens (tertiary/aromatic N) is 1. The van der Waals surface area contributed by atoms with E-state index >= 15 is 0 Å². The Kier molecular flexibility index (Phi) is 4.23. The normalized spacial score (nSPS) is 25.2. The zero-order valence-electron chi connectivity index (χ0n) is 13.5. The minimum absolute atomic E-state index is 0.138. The third-order valence-electron chi connectivity index (χ3n) is 4.85. The predicted octanol–water partition coefficient (Wildman–Crippen LogP) is 3.13. The molecule has 0 aromatic heterocycles. The largest absolute Gasteiger partial charge is 0.497 e. The van der Waals surface area contributed by atoms with E-state index in [-0.39, 0.29) is 6.04 Å². The number of ether oxygens (including phenoxy) is 1. The van der Waals surface area contributed by atoms with Gasteiger partial charge in [0.05, 0.1) is 7.11 Å². The van der Waals surface area contributed by atoms with Crippen LogP contribution in [-0.4, -0.2) is 30.6 Å². The average molecular weight is 288 g/mol. The molecular weight excluding hydrogens is 260 g/mol. The zero-order valence-corrected chi connectivity index (χ0v) is 13.5. The Morgan fingerprint density at radius 1 is 1.29 bits per heavy atom. The molecule has 2 atom stereocenters. The zero-order chi connectivity index (χ0) is 15.0. The molecule has 0 heterocycles. The van der Waals surface area contributed by atoms with Crippen LogP contribution < -0.4 is 10.5 Å². The quantitative estimate of drug-likeness (QED) is 0.904. The van der Waals surface area contributed by atoms with Gasteiger partial charge in [-0.2, -0.15) is 0 Å². The summed E-state index contributed by atoms with van der Waals surface area (Å²) in [5, 5.41) is 0. The van der Waals surface area contributed by atoms with Gasteiger partial charge in [-0.25, -0.2) is 0 Å². The van der Waals surface area contributed by atoms with Crippen LogP contribution in [0.25, 0.3) is 0 Å². The first-order valence-corrected chi connectivity index (χ1v) is 8.28. The Balaban J connectivity index is 1.82. The van der Waals surface area contributed by atoms with Crippen molar-refractivity contribution in [2.75, 3.05) is 13.7 Å². The predicted molar refractivity (Wildman–Crippen MR) is 86.6 cm³/mol. The molecule has 2 aliphatic rings. The third kappa shape index (κ3) is 3.09. The van der Waals surface area contributed by atoms with Crippen molar-refractivity contribution < 1.29 is 4.74 Å². The molecule has 21 heavy (non-hydrogen) atoms. The molecule has 3 rings (SSSR count). The highest BCUT2D eigenvalue weighted by Crippen LogP contribution is 2.38. The Morgan fingerprint density at radius 2 is 2.05 bits per heavy atom. The van der Waals surface area contributed by atoms with Gasteiger partial charge in [0, 0.05) is 24.7 Å². The first-order valence-electron chi connectivity index (χ1n) is 8.28. The van der Waals surface area contributed by atoms with Gasteiger partial charge in [0.2, 0.25) is 0 Å². The molecular formula is C18H28N2O. The van der Waals surface area contributed by atoms with Crippen LogP contribution in [0.15, 0.2) is 18.2 Å². The molecule has 3 heteroatoms. The molecule has 116 valence electrons. The van der Waals surface area contributed by atoms with E-state index in [0.29, 0.717) is 12.0 Å². The number of fused-ring (bicyclic) bond motifs is 1. The van der Waals surface area contributed by atoms with Crippen molar-refractivity contribution in [1.82, 2.24) is 4.90 Å². The van der Waals surface area contributed by atoms with E-state index in [1.807, 2.05) is 6.07 Å². The number of benzene rings is 1. The fraction of sp³-hybridized carbons (Fsp3) is 0.667. The molecule has 0 bridgehead atoms. The first kappa shape index (κ1) is 14.9. The second kappa shape index (κ2) is 5.98. The van der Waals surface area contributed by atoms with Crippen molar-refractivity contribution in [3.8, 4) is 5.75 Å². The molecule has 1 aromatic rings. The maximum absolute atomic E-state index is 6.64. The van der Waals surface area contributed by atoms with Gasteiger partial charge in [-0.05, 0) is 54.9 Å². The van der Waals surface area contributed by atoms with E-state index in [2.05, 4.69) is 30.9 Å². The maximum atomic E-state index is 6.64. The molecule has 1 fully saturated rings. The SMILES string of the molecule is COc1ccc2c(c1)CCC(N(CC(C)C)C1CC1)C2N. The summed E-state index contributed by atoms with van der Waals surface area (Å²) in [5.74, 6) is 1.65. The van der Waals surface area contributed by atoms with Crippen LogP contribution in [0.3, 0.4) is 0 Å². The summed E-state index contributed by atoms with van der Waals surface area (Å²) in [6.45, 7) is 5.79. The topological polar surface area (TPSA) is 38.5 Å². The van der Waals surface area contributed by atoms with Crippen LogP contribution in [0.4, 0.5) is 0 Å². The van der Waals surface area contributed by atoms with Crippen molar-refractivity contribution >= 4 is 0 Å². The number of nitrogens with two attached hydrogens (primary N) is 1. The lowest BCUT2D eigenvalue weighted by molar-refractivity contribution is 0.129. The number of rotatable bonds is 5. The van der Waals surface area contributed by atoms with Gasteiger partial charge in [0.15, 0.2) is 0 Å². The minimum Gasteiger partial charge on any atom is -0.497 e. The van der Waals surface area contributed by atoms with E-state index < -0.39 is 0 Å². The highest BCUT2D eigenvalue weighted by molar-refractivity contribution is 5.40. The summed E-state index contributed by atoms with van der Waals surface area (Å²) in [6, 6.07) is 7.80. The third-order valence-corrected chi connectivity index (χ3v) is 4.85. The molecule has 0 aliphatic heterocycles. The van der Waals surface area contributed by atoms with Crippen molar-refractivity contribution in [1.29, 1.82) is 0 Å². The molecule has 2 unspecified atom stereocenters. The van der Waals surface area contributed by atoms with E-state index in [9.17, 15) is 0 Å². The molecule has 0 saturated heterocycles. The molecule has 2 N–H and O–H groups in total. The average Bonchev–Trinajstić information content (AvgIpc) is 3.29. The monoisotopic (exact) mass is 288 g/mol. The van der Waals surface area contributed by atoms with Crippen LogP contribution in [0, 0.1) is 5.92 Å². The lowest BCUT2D eigenvalue weighted by atomic mass is 9.83. The molecule has 0 amide bonds. The summed E-state index contributed by atoms with van der Waals surface area (Å²) < 4.78 is 5.34. The van der Waals surface area contributed by atoms with Crippen LogP contribution in [0.2, 0.25) is 0 Å². The first-order chi connectivity index (χ1) is 10.1. The molecule has 1 aromatic carbocycles. The van der Waals surface area contributed by atoms with Crippen LogP contribution in [0.5, 0.6) is 5.75 Å². The van der Waals surface area contributed by atoms with Gasteiger partial charge >= 0.3 is 0 Å². The fourth-order valence-corrected chi connectivity index (χ4v) is 3.70. The molecule has 1 saturated carbocycles. The number of aryl methyl sites for hydroxylation is 1. The van der Waals surface area contributed by atoms with Crippen molar-refractivity contribution in [2.45, 2.75) is 57.7 Å². The summed E-state index contributed by atoms with van der Waals surface area (Å²) in [4.78, 5) is 2.70. The maximum Gasteiger partial charge on any atom is 0.119 e. The molecule has 2 aliphatic carbocycles. The lowest BCUT2D eigenvalue weighted by Gasteiger charge is -2.40. The Morgan fingerprint density at radius 3 is 2.67 bits per heavy atom. The number of hydrogen-bond acceptors (Lipinski definition) is 3. The molecule has 3 nitrogen and oxygen atoms in total. The Hall–Kier alpha value is -1.06. The Bertz CT molecular complexity index is 496. The fourth-order valence-electron chi connectivity index (χ4n) is 3.70. The van der Waals surface area contributed by atoms with E-state index in [4.69, 9.17) is 10.5 Å². The second-order valence-electron chi connectivity index (χ2n) is 7.02. The lowest BCUT2D eigenvalue weighted by Crippen LogP contribution is -2.47. The van der Waals surface area contributed by atoms with Crippen LogP contribution >= 0.6 is 0 Å². The van der Waals surface area contributed by atoms with E-state index in [1.54, 1.807) is 7.11 Å². The van der Waals surface area contributed by atoms with E-state index in [1.165, 1.54) is 36.9 Å². The summed E-state index contributed by atoms with van der Waals surface area (Å²) in [7, 11) is 1.73. The van der Waals surface area contributed by atoms with Gasteiger partial charge in [-0.3, -0.25) is 4.90 Å². The number of methoxy groups -OCH3 is 1. The van der Waals surface area contributed by atoms with Gasteiger partial charge in [-0.1, -0.05) is 19.9 Å². The van der Waals surface area contributed by atoms with Gasteiger partial charge in [0.1, 0.15) is 5.75 Å². The van der Waals surface area contributed by atoms with Gasteiger partial charge in [-0.15, -0.1) is 0 Å². The smallest absolute Gasteiger partial charge is 0.119 e. The Labute approximate surface area is 128 Å². The van der Waals surface area contributed by atoms with Gasteiger partial charge < -0.3 is 10.5 Å². The second-order valence-corrected chi connectivity index (χ2v) is 7.02. The van der Waals surface area contributed by atoms with Crippen molar-refractivity contribution in [3.05, 3.63) is 29.3 Å². The highest BCUT2D eigenvalue weighted by atomic mass is 16.5. The minimum atomic E-state index is 0.138. The molecule has 0 spiro atoms. The van der Waals surface area contributed by atoms with E-state index in [0.717, 1.165) is 18.2 Å². The van der Waals surface area contributed by atoms with Gasteiger partial charge in [0.25, 0.3) is 0 Å². The number of hydrogen-bond donors (Lipinski definition) is 1. The summed E-state index contributed by atoms with van der Waals surface area (Å²) in [6.07, 6.45) is 4.99.